The SMILES string of the molecule is COc1ccc(CCC(=O)NC(CC(=O)O)c2ccc(F)cc2)cc1OC. The Labute approximate surface area is 156 Å². The average molecular weight is 375 g/mol. The maximum atomic E-state index is 13.1. The molecule has 0 aliphatic heterocycles. The van der Waals surface area contributed by atoms with Crippen LogP contribution in [0, 0.1) is 5.82 Å². The van der Waals surface area contributed by atoms with E-state index in [0.717, 1.165) is 5.56 Å². The van der Waals surface area contributed by atoms with Gasteiger partial charge in [-0.3, -0.25) is 9.59 Å². The number of ether oxygens (including phenoxy) is 2. The van der Waals surface area contributed by atoms with Gasteiger partial charge in [0.25, 0.3) is 0 Å². The third-order valence-corrected chi connectivity index (χ3v) is 4.08. The predicted octanol–water partition coefficient (Wildman–Crippen LogP) is 3.11. The summed E-state index contributed by atoms with van der Waals surface area (Å²) < 4.78 is 23.5. The van der Waals surface area contributed by atoms with Gasteiger partial charge in [-0.05, 0) is 41.8 Å². The number of benzene rings is 2. The first kappa shape index (κ1) is 20.2. The fourth-order valence-corrected chi connectivity index (χ4v) is 2.68. The lowest BCUT2D eigenvalue weighted by Gasteiger charge is -2.17. The van der Waals surface area contributed by atoms with Gasteiger partial charge < -0.3 is 19.9 Å². The van der Waals surface area contributed by atoms with Gasteiger partial charge in [0.1, 0.15) is 5.82 Å². The van der Waals surface area contributed by atoms with Gasteiger partial charge in [0.2, 0.25) is 5.91 Å². The van der Waals surface area contributed by atoms with Crippen LogP contribution in [0.4, 0.5) is 4.39 Å². The Bertz CT molecular complexity index is 791. The molecule has 0 heterocycles. The van der Waals surface area contributed by atoms with E-state index >= 15 is 0 Å². The zero-order valence-electron chi connectivity index (χ0n) is 15.2. The van der Waals surface area contributed by atoms with E-state index in [1.165, 1.54) is 31.4 Å². The monoisotopic (exact) mass is 375 g/mol. The van der Waals surface area contributed by atoms with Crippen molar-refractivity contribution in [3.05, 3.63) is 59.4 Å². The Morgan fingerprint density at radius 1 is 1.07 bits per heavy atom. The Kier molecular flexibility index (Phi) is 7.16. The summed E-state index contributed by atoms with van der Waals surface area (Å²) in [4.78, 5) is 23.4. The Morgan fingerprint density at radius 3 is 2.33 bits per heavy atom. The molecule has 0 aliphatic carbocycles. The number of carbonyl (C=O) groups is 2. The van der Waals surface area contributed by atoms with Crippen LogP contribution in [0.1, 0.15) is 30.0 Å². The van der Waals surface area contributed by atoms with E-state index in [4.69, 9.17) is 14.6 Å². The van der Waals surface area contributed by atoms with Crippen LogP contribution in [-0.2, 0) is 16.0 Å². The lowest BCUT2D eigenvalue weighted by Crippen LogP contribution is -2.30. The summed E-state index contributed by atoms with van der Waals surface area (Å²) >= 11 is 0. The number of carbonyl (C=O) groups excluding carboxylic acids is 1. The molecule has 1 amide bonds. The van der Waals surface area contributed by atoms with Crippen molar-refractivity contribution in [3.63, 3.8) is 0 Å². The number of amides is 1. The molecular weight excluding hydrogens is 353 g/mol. The van der Waals surface area contributed by atoms with E-state index in [2.05, 4.69) is 5.32 Å². The summed E-state index contributed by atoms with van der Waals surface area (Å²) in [6.07, 6.45) is 0.343. The molecule has 2 aromatic carbocycles. The van der Waals surface area contributed by atoms with E-state index in [-0.39, 0.29) is 18.7 Å². The number of methoxy groups -OCH3 is 2. The van der Waals surface area contributed by atoms with Crippen LogP contribution in [0.3, 0.4) is 0 Å². The molecule has 27 heavy (non-hydrogen) atoms. The van der Waals surface area contributed by atoms with E-state index in [1.54, 1.807) is 19.2 Å². The fourth-order valence-electron chi connectivity index (χ4n) is 2.68. The van der Waals surface area contributed by atoms with E-state index in [9.17, 15) is 14.0 Å². The average Bonchev–Trinajstić information content (AvgIpc) is 2.65. The summed E-state index contributed by atoms with van der Waals surface area (Å²) in [6, 6.07) is 10.1. The van der Waals surface area contributed by atoms with Gasteiger partial charge in [0.15, 0.2) is 11.5 Å². The van der Waals surface area contributed by atoms with Gasteiger partial charge in [0.05, 0.1) is 26.7 Å². The van der Waals surface area contributed by atoms with Crippen molar-refractivity contribution in [2.24, 2.45) is 0 Å². The number of aryl methyl sites for hydroxylation is 1. The Morgan fingerprint density at radius 2 is 1.74 bits per heavy atom. The number of rotatable bonds is 9. The molecule has 0 bridgehead atoms. The van der Waals surface area contributed by atoms with Crippen molar-refractivity contribution in [1.82, 2.24) is 5.32 Å². The van der Waals surface area contributed by atoms with Gasteiger partial charge in [-0.25, -0.2) is 4.39 Å². The molecule has 2 aromatic rings. The van der Waals surface area contributed by atoms with Crippen molar-refractivity contribution in [2.45, 2.75) is 25.3 Å². The van der Waals surface area contributed by atoms with Gasteiger partial charge in [-0.1, -0.05) is 18.2 Å². The molecule has 0 saturated heterocycles. The maximum absolute atomic E-state index is 13.1. The van der Waals surface area contributed by atoms with Crippen LogP contribution in [0.25, 0.3) is 0 Å². The van der Waals surface area contributed by atoms with Gasteiger partial charge >= 0.3 is 5.97 Å². The molecule has 0 spiro atoms. The van der Waals surface area contributed by atoms with Gasteiger partial charge in [-0.2, -0.15) is 0 Å². The molecule has 7 heteroatoms. The first-order valence-corrected chi connectivity index (χ1v) is 8.40. The molecular formula is C20H22FNO5. The topological polar surface area (TPSA) is 84.9 Å². The summed E-state index contributed by atoms with van der Waals surface area (Å²) in [5.74, 6) is -0.591. The summed E-state index contributed by atoms with van der Waals surface area (Å²) in [6.45, 7) is 0. The van der Waals surface area contributed by atoms with Crippen LogP contribution in [-0.4, -0.2) is 31.2 Å². The molecule has 1 unspecified atom stereocenters. The zero-order valence-corrected chi connectivity index (χ0v) is 15.2. The number of halogens is 1. The highest BCUT2D eigenvalue weighted by Crippen LogP contribution is 2.28. The van der Waals surface area contributed by atoms with Crippen LogP contribution < -0.4 is 14.8 Å². The van der Waals surface area contributed by atoms with Crippen molar-refractivity contribution >= 4 is 11.9 Å². The second kappa shape index (κ2) is 9.56. The van der Waals surface area contributed by atoms with Crippen LogP contribution in [0.15, 0.2) is 42.5 Å². The number of hydrogen-bond donors (Lipinski definition) is 2. The largest absolute Gasteiger partial charge is 0.493 e. The summed E-state index contributed by atoms with van der Waals surface area (Å²) in [7, 11) is 3.08. The molecule has 0 radical (unpaired) electrons. The minimum Gasteiger partial charge on any atom is -0.493 e. The quantitative estimate of drug-likeness (QED) is 0.703. The number of aliphatic carboxylic acids is 1. The number of carboxylic acids is 1. The van der Waals surface area contributed by atoms with Crippen LogP contribution >= 0.6 is 0 Å². The molecule has 0 aromatic heterocycles. The molecule has 1 atom stereocenters. The normalized spacial score (nSPS) is 11.5. The molecule has 0 saturated carbocycles. The highest BCUT2D eigenvalue weighted by molar-refractivity contribution is 5.78. The van der Waals surface area contributed by atoms with Crippen molar-refractivity contribution < 1.29 is 28.6 Å². The van der Waals surface area contributed by atoms with Crippen LogP contribution in [0.5, 0.6) is 11.5 Å². The number of nitrogens with one attached hydrogen (secondary N) is 1. The van der Waals surface area contributed by atoms with Gasteiger partial charge in [-0.15, -0.1) is 0 Å². The zero-order chi connectivity index (χ0) is 19.8. The smallest absolute Gasteiger partial charge is 0.305 e. The molecule has 2 N–H and O–H groups in total. The highest BCUT2D eigenvalue weighted by atomic mass is 19.1. The third-order valence-electron chi connectivity index (χ3n) is 4.08. The minimum atomic E-state index is -1.05. The third kappa shape index (κ3) is 5.99. The molecule has 2 rings (SSSR count). The maximum Gasteiger partial charge on any atom is 0.305 e. The van der Waals surface area contributed by atoms with E-state index in [0.29, 0.717) is 23.5 Å². The molecule has 0 aliphatic rings. The van der Waals surface area contributed by atoms with E-state index in [1.807, 2.05) is 6.07 Å². The van der Waals surface area contributed by atoms with Crippen molar-refractivity contribution in [3.8, 4) is 11.5 Å². The predicted molar refractivity (Wildman–Crippen MR) is 97.4 cm³/mol. The van der Waals surface area contributed by atoms with Gasteiger partial charge in [0, 0.05) is 6.42 Å². The summed E-state index contributed by atoms with van der Waals surface area (Å²) in [5, 5.41) is 11.8. The second-order valence-electron chi connectivity index (χ2n) is 5.96. The highest BCUT2D eigenvalue weighted by Gasteiger charge is 2.18. The van der Waals surface area contributed by atoms with Crippen LogP contribution in [0.2, 0.25) is 0 Å². The first-order chi connectivity index (χ1) is 12.9. The summed E-state index contributed by atoms with van der Waals surface area (Å²) in [5.41, 5.74) is 1.43. The van der Waals surface area contributed by atoms with E-state index < -0.39 is 17.8 Å². The molecule has 6 nitrogen and oxygen atoms in total. The number of carboxylic acid groups (broad SMARTS) is 1. The second-order valence-corrected chi connectivity index (χ2v) is 5.96. The standard InChI is InChI=1S/C20H22FNO5/c1-26-17-9-3-13(11-18(17)27-2)4-10-19(23)22-16(12-20(24)25)14-5-7-15(21)8-6-14/h3,5-9,11,16H,4,10,12H2,1-2H3,(H,22,23)(H,24,25). The lowest BCUT2D eigenvalue weighted by atomic mass is 10.0. The van der Waals surface area contributed by atoms with Crippen molar-refractivity contribution in [1.29, 1.82) is 0 Å². The first-order valence-electron chi connectivity index (χ1n) is 8.40. The number of hydrogen-bond acceptors (Lipinski definition) is 4. The minimum absolute atomic E-state index is 0.173. The Balaban J connectivity index is 2.01. The Hall–Kier alpha value is -3.09. The molecule has 0 fully saturated rings. The lowest BCUT2D eigenvalue weighted by molar-refractivity contribution is -0.137. The van der Waals surface area contributed by atoms with Crippen molar-refractivity contribution in [2.75, 3.05) is 14.2 Å². The molecule has 144 valence electrons. The fraction of sp³-hybridized carbons (Fsp3) is 0.300.